The number of aryl methyl sites for hydroxylation is 1. The van der Waals surface area contributed by atoms with Crippen molar-refractivity contribution < 1.29 is 18.4 Å². The number of benzene rings is 1. The second-order valence-electron chi connectivity index (χ2n) is 6.42. The Morgan fingerprint density at radius 2 is 1.78 bits per heavy atom. The summed E-state index contributed by atoms with van der Waals surface area (Å²) in [6.45, 7) is 1.39. The number of hydrogen-bond acceptors (Lipinski definition) is 4. The predicted octanol–water partition coefficient (Wildman–Crippen LogP) is 0.943. The van der Waals surface area contributed by atoms with Gasteiger partial charge in [-0.25, -0.2) is 8.78 Å². The molecule has 2 aromatic rings. The van der Waals surface area contributed by atoms with Gasteiger partial charge in [0.1, 0.15) is 6.04 Å². The zero-order valence-electron chi connectivity index (χ0n) is 15.2. The first kappa shape index (κ1) is 19.0. The van der Waals surface area contributed by atoms with Crippen LogP contribution in [0.5, 0.6) is 0 Å². The number of carbonyl (C=O) groups is 2. The van der Waals surface area contributed by atoms with Crippen LogP contribution in [0.4, 0.5) is 8.78 Å². The Morgan fingerprint density at radius 1 is 1.11 bits per heavy atom. The highest BCUT2D eigenvalue weighted by Crippen LogP contribution is 2.17. The van der Waals surface area contributed by atoms with Gasteiger partial charge in [0, 0.05) is 50.6 Å². The molecule has 1 fully saturated rings. The fraction of sp³-hybridized carbons (Fsp3) is 0.389. The minimum absolute atomic E-state index is 0.0922. The van der Waals surface area contributed by atoms with Gasteiger partial charge in [0.05, 0.1) is 6.20 Å². The van der Waals surface area contributed by atoms with Gasteiger partial charge in [-0.2, -0.15) is 5.10 Å². The molecule has 3 rings (SSSR count). The van der Waals surface area contributed by atoms with Crippen molar-refractivity contribution in [3.8, 4) is 0 Å². The number of piperazine rings is 1. The van der Waals surface area contributed by atoms with Crippen LogP contribution < -0.4 is 5.32 Å². The molecule has 27 heavy (non-hydrogen) atoms. The highest BCUT2D eigenvalue weighted by atomic mass is 19.2. The number of amides is 2. The normalized spacial score (nSPS) is 15.7. The molecule has 9 heteroatoms. The van der Waals surface area contributed by atoms with Gasteiger partial charge in [0.2, 0.25) is 5.91 Å². The SMILES string of the molecule is CNC(C(=O)N1CCN(C(=O)c2ccc(F)c(F)c2)CC1)c1cnn(C)c1. The Morgan fingerprint density at radius 3 is 2.33 bits per heavy atom. The molecule has 1 saturated heterocycles. The highest BCUT2D eigenvalue weighted by molar-refractivity contribution is 5.94. The van der Waals surface area contributed by atoms with Gasteiger partial charge in [-0.05, 0) is 25.2 Å². The van der Waals surface area contributed by atoms with Crippen molar-refractivity contribution in [2.75, 3.05) is 33.2 Å². The Hall–Kier alpha value is -2.81. The lowest BCUT2D eigenvalue weighted by atomic mass is 10.1. The largest absolute Gasteiger partial charge is 0.337 e. The smallest absolute Gasteiger partial charge is 0.254 e. The summed E-state index contributed by atoms with van der Waals surface area (Å²) >= 11 is 0. The molecular formula is C18H21F2N5O2. The van der Waals surface area contributed by atoms with Crippen LogP contribution in [0, 0.1) is 11.6 Å². The number of nitrogens with zero attached hydrogens (tertiary/aromatic N) is 4. The first-order valence-corrected chi connectivity index (χ1v) is 8.59. The number of aromatic nitrogens is 2. The lowest BCUT2D eigenvalue weighted by Crippen LogP contribution is -2.52. The molecule has 1 aliphatic heterocycles. The summed E-state index contributed by atoms with van der Waals surface area (Å²) in [5, 5.41) is 7.09. The van der Waals surface area contributed by atoms with Crippen molar-refractivity contribution in [3.63, 3.8) is 0 Å². The number of likely N-dealkylation sites (N-methyl/N-ethyl adjacent to an activating group) is 1. The van der Waals surface area contributed by atoms with Crippen LogP contribution in [0.25, 0.3) is 0 Å². The minimum atomic E-state index is -1.05. The summed E-state index contributed by atoms with van der Waals surface area (Å²) in [5.41, 5.74) is 0.863. The molecule has 0 saturated carbocycles. The zero-order chi connectivity index (χ0) is 19.6. The summed E-state index contributed by atoms with van der Waals surface area (Å²) in [7, 11) is 3.49. The lowest BCUT2D eigenvalue weighted by Gasteiger charge is -2.36. The predicted molar refractivity (Wildman–Crippen MR) is 93.9 cm³/mol. The van der Waals surface area contributed by atoms with Crippen LogP contribution in [0.15, 0.2) is 30.6 Å². The Balaban J connectivity index is 1.63. The van der Waals surface area contributed by atoms with Crippen LogP contribution in [-0.4, -0.2) is 64.6 Å². The van der Waals surface area contributed by atoms with Gasteiger partial charge in [0.15, 0.2) is 11.6 Å². The second kappa shape index (κ2) is 7.83. The molecule has 0 bridgehead atoms. The standard InChI is InChI=1S/C18H21F2N5O2/c1-21-16(13-10-22-23(2)11-13)18(27)25-7-5-24(6-8-25)17(26)12-3-4-14(19)15(20)9-12/h3-4,9-11,16,21H,5-8H2,1-2H3. The van der Waals surface area contributed by atoms with E-state index in [0.717, 1.165) is 17.7 Å². The van der Waals surface area contributed by atoms with Gasteiger partial charge in [0.25, 0.3) is 5.91 Å². The monoisotopic (exact) mass is 377 g/mol. The topological polar surface area (TPSA) is 70.5 Å². The fourth-order valence-electron chi connectivity index (χ4n) is 3.15. The number of rotatable bonds is 4. The van der Waals surface area contributed by atoms with Crippen molar-refractivity contribution in [1.82, 2.24) is 24.9 Å². The van der Waals surface area contributed by atoms with E-state index < -0.39 is 17.7 Å². The molecule has 2 heterocycles. The molecule has 1 aromatic carbocycles. The molecule has 1 unspecified atom stereocenters. The minimum Gasteiger partial charge on any atom is -0.337 e. The highest BCUT2D eigenvalue weighted by Gasteiger charge is 2.30. The van der Waals surface area contributed by atoms with Crippen molar-refractivity contribution in [2.24, 2.45) is 7.05 Å². The van der Waals surface area contributed by atoms with E-state index in [2.05, 4.69) is 10.4 Å². The van der Waals surface area contributed by atoms with Crippen molar-refractivity contribution >= 4 is 11.8 Å². The summed E-state index contributed by atoms with van der Waals surface area (Å²) < 4.78 is 28.0. The Bertz CT molecular complexity index is 846. The number of halogens is 2. The van der Waals surface area contributed by atoms with Crippen molar-refractivity contribution in [2.45, 2.75) is 6.04 Å². The molecule has 1 aromatic heterocycles. The number of hydrogen-bond donors (Lipinski definition) is 1. The molecular weight excluding hydrogens is 356 g/mol. The van der Waals surface area contributed by atoms with Crippen LogP contribution in [0.1, 0.15) is 22.0 Å². The molecule has 1 atom stereocenters. The van der Waals surface area contributed by atoms with Gasteiger partial charge in [-0.3, -0.25) is 14.3 Å². The summed E-state index contributed by atoms with van der Waals surface area (Å²) in [5.74, 6) is -2.51. The van der Waals surface area contributed by atoms with Crippen LogP contribution in [-0.2, 0) is 11.8 Å². The molecule has 7 nitrogen and oxygen atoms in total. The average Bonchev–Trinajstić information content (AvgIpc) is 3.10. The van der Waals surface area contributed by atoms with E-state index in [4.69, 9.17) is 0 Å². The molecule has 144 valence electrons. The third-order valence-corrected chi connectivity index (χ3v) is 4.64. The third kappa shape index (κ3) is 3.97. The van der Waals surface area contributed by atoms with E-state index >= 15 is 0 Å². The van der Waals surface area contributed by atoms with Crippen LogP contribution >= 0.6 is 0 Å². The summed E-state index contributed by atoms with van der Waals surface area (Å²) in [4.78, 5) is 28.5. The number of nitrogens with one attached hydrogen (secondary N) is 1. The van der Waals surface area contributed by atoms with E-state index in [1.807, 2.05) is 0 Å². The summed E-state index contributed by atoms with van der Waals surface area (Å²) in [6.07, 6.45) is 3.42. The van der Waals surface area contributed by atoms with Crippen molar-refractivity contribution in [1.29, 1.82) is 0 Å². The van der Waals surface area contributed by atoms with E-state index in [1.54, 1.807) is 36.1 Å². The van der Waals surface area contributed by atoms with E-state index in [9.17, 15) is 18.4 Å². The fourth-order valence-corrected chi connectivity index (χ4v) is 3.15. The molecule has 0 spiro atoms. The maximum absolute atomic E-state index is 13.4. The Labute approximate surface area is 155 Å². The van der Waals surface area contributed by atoms with E-state index in [0.29, 0.717) is 26.2 Å². The first-order valence-electron chi connectivity index (χ1n) is 8.59. The number of carbonyl (C=O) groups excluding carboxylic acids is 2. The van der Waals surface area contributed by atoms with Gasteiger partial charge >= 0.3 is 0 Å². The Kier molecular flexibility index (Phi) is 5.50. The third-order valence-electron chi connectivity index (χ3n) is 4.64. The average molecular weight is 377 g/mol. The maximum Gasteiger partial charge on any atom is 0.254 e. The van der Waals surface area contributed by atoms with E-state index in [1.165, 1.54) is 11.0 Å². The molecule has 1 N–H and O–H groups in total. The van der Waals surface area contributed by atoms with E-state index in [-0.39, 0.29) is 17.4 Å². The van der Waals surface area contributed by atoms with Gasteiger partial charge < -0.3 is 15.1 Å². The molecule has 1 aliphatic rings. The lowest BCUT2D eigenvalue weighted by molar-refractivity contribution is -0.135. The zero-order valence-corrected chi connectivity index (χ0v) is 15.2. The van der Waals surface area contributed by atoms with Crippen LogP contribution in [0.3, 0.4) is 0 Å². The van der Waals surface area contributed by atoms with Gasteiger partial charge in [-0.15, -0.1) is 0 Å². The quantitative estimate of drug-likeness (QED) is 0.861. The maximum atomic E-state index is 13.4. The first-order chi connectivity index (χ1) is 12.9. The molecule has 0 radical (unpaired) electrons. The van der Waals surface area contributed by atoms with Crippen LogP contribution in [0.2, 0.25) is 0 Å². The second-order valence-corrected chi connectivity index (χ2v) is 6.42. The molecule has 0 aliphatic carbocycles. The van der Waals surface area contributed by atoms with Crippen molar-refractivity contribution in [3.05, 3.63) is 53.4 Å². The van der Waals surface area contributed by atoms with Gasteiger partial charge in [-0.1, -0.05) is 0 Å². The molecule has 2 amide bonds. The summed E-state index contributed by atoms with van der Waals surface area (Å²) in [6, 6.07) is 2.59.